The molecule has 0 fully saturated rings. The van der Waals surface area contributed by atoms with Crippen molar-refractivity contribution in [2.24, 2.45) is 0 Å². The van der Waals surface area contributed by atoms with Gasteiger partial charge >= 0.3 is 0 Å². The fourth-order valence-corrected chi connectivity index (χ4v) is 3.49. The van der Waals surface area contributed by atoms with Crippen LogP contribution >= 0.6 is 0 Å². The predicted octanol–water partition coefficient (Wildman–Crippen LogP) is 3.63. The number of halogens is 2. The Morgan fingerprint density at radius 2 is 1.88 bits per heavy atom. The van der Waals surface area contributed by atoms with Crippen LogP contribution in [0.4, 0.5) is 14.6 Å². The molecule has 2 heterocycles. The molecule has 132 valence electrons. The molecule has 0 spiro atoms. The molecule has 3 aromatic rings. The topological polar surface area (TPSA) is 63.8 Å². The maximum Gasteiger partial charge on any atom is 0.162 e. The summed E-state index contributed by atoms with van der Waals surface area (Å²) in [6.45, 7) is 1.39. The molecule has 3 N–H and O–H groups in total. The van der Waals surface area contributed by atoms with Crippen molar-refractivity contribution in [1.29, 1.82) is 0 Å². The van der Waals surface area contributed by atoms with Gasteiger partial charge in [0.05, 0.1) is 5.69 Å². The van der Waals surface area contributed by atoms with Gasteiger partial charge < -0.3 is 11.1 Å². The second-order valence-corrected chi connectivity index (χ2v) is 6.42. The number of anilines is 1. The number of benzene rings is 2. The molecule has 0 radical (unpaired) electrons. The summed E-state index contributed by atoms with van der Waals surface area (Å²) in [7, 11) is 0. The van der Waals surface area contributed by atoms with Crippen LogP contribution in [-0.2, 0) is 6.54 Å². The lowest BCUT2D eigenvalue weighted by molar-refractivity contribution is 0.490. The Morgan fingerprint density at radius 3 is 2.69 bits per heavy atom. The van der Waals surface area contributed by atoms with Gasteiger partial charge in [-0.25, -0.2) is 8.78 Å². The molecule has 0 aliphatic carbocycles. The zero-order chi connectivity index (χ0) is 18.1. The number of nitrogen functional groups attached to an aromatic ring is 1. The Balaban J connectivity index is 1.78. The Kier molecular flexibility index (Phi) is 4.34. The molecule has 0 saturated heterocycles. The van der Waals surface area contributed by atoms with Crippen LogP contribution in [0, 0.1) is 11.6 Å². The first-order valence-corrected chi connectivity index (χ1v) is 8.50. The number of nitrogens with zero attached hydrogens (tertiary/aromatic N) is 2. The lowest BCUT2D eigenvalue weighted by Gasteiger charge is -2.19. The lowest BCUT2D eigenvalue weighted by atomic mass is 9.85. The lowest BCUT2D eigenvalue weighted by Crippen LogP contribution is -2.13. The smallest absolute Gasteiger partial charge is 0.162 e. The molecule has 1 aromatic heterocycles. The largest absolute Gasteiger partial charge is 0.382 e. The van der Waals surface area contributed by atoms with Gasteiger partial charge in [0.1, 0.15) is 5.82 Å². The summed E-state index contributed by atoms with van der Waals surface area (Å²) in [5.41, 5.74) is 9.69. The summed E-state index contributed by atoms with van der Waals surface area (Å²) in [5, 5.41) is 11.4. The molecule has 0 amide bonds. The summed E-state index contributed by atoms with van der Waals surface area (Å²) >= 11 is 0. The molecule has 4 rings (SSSR count). The standard InChI is InChI=1S/C20H18F2N4/c21-17-3-1-2-16(20(17)22)15-8-9-24-11-13-10-12(4-5-14(13)15)18-6-7-19(23)26-25-18/h1-7,10,15,24H,8-9,11H2,(H2,23,26). The summed E-state index contributed by atoms with van der Waals surface area (Å²) in [4.78, 5) is 0. The Hall–Kier alpha value is -2.86. The molecule has 6 heteroatoms. The van der Waals surface area contributed by atoms with Gasteiger partial charge in [-0.1, -0.05) is 24.3 Å². The van der Waals surface area contributed by atoms with Gasteiger partial charge in [-0.3, -0.25) is 0 Å². The fourth-order valence-electron chi connectivity index (χ4n) is 3.49. The third-order valence-corrected chi connectivity index (χ3v) is 4.78. The van der Waals surface area contributed by atoms with Crippen molar-refractivity contribution in [2.45, 2.75) is 18.9 Å². The van der Waals surface area contributed by atoms with Crippen LogP contribution in [0.1, 0.15) is 29.0 Å². The average molecular weight is 352 g/mol. The van der Waals surface area contributed by atoms with E-state index in [9.17, 15) is 8.78 Å². The van der Waals surface area contributed by atoms with E-state index in [1.54, 1.807) is 18.2 Å². The zero-order valence-corrected chi connectivity index (χ0v) is 14.0. The van der Waals surface area contributed by atoms with Crippen molar-refractivity contribution in [2.75, 3.05) is 12.3 Å². The first-order valence-electron chi connectivity index (χ1n) is 8.50. The number of hydrogen-bond donors (Lipinski definition) is 2. The van der Waals surface area contributed by atoms with E-state index in [0.717, 1.165) is 35.0 Å². The van der Waals surface area contributed by atoms with Crippen molar-refractivity contribution < 1.29 is 8.78 Å². The minimum Gasteiger partial charge on any atom is -0.382 e. The van der Waals surface area contributed by atoms with E-state index < -0.39 is 11.6 Å². The highest BCUT2D eigenvalue weighted by Crippen LogP contribution is 2.35. The quantitative estimate of drug-likeness (QED) is 0.739. The van der Waals surface area contributed by atoms with E-state index in [0.29, 0.717) is 24.3 Å². The molecule has 1 aliphatic heterocycles. The van der Waals surface area contributed by atoms with Crippen LogP contribution in [0.3, 0.4) is 0 Å². The van der Waals surface area contributed by atoms with Crippen molar-refractivity contribution in [3.05, 3.63) is 76.9 Å². The van der Waals surface area contributed by atoms with Crippen LogP contribution in [0.5, 0.6) is 0 Å². The number of hydrogen-bond acceptors (Lipinski definition) is 4. The predicted molar refractivity (Wildman–Crippen MR) is 96.4 cm³/mol. The number of nitrogens with two attached hydrogens (primary N) is 1. The fraction of sp³-hybridized carbons (Fsp3) is 0.200. The van der Waals surface area contributed by atoms with Gasteiger partial charge in [0, 0.05) is 18.0 Å². The molecule has 0 bridgehead atoms. The molecular formula is C20H18F2N4. The van der Waals surface area contributed by atoms with Gasteiger partial charge in [0.2, 0.25) is 0 Å². The van der Waals surface area contributed by atoms with Crippen LogP contribution < -0.4 is 11.1 Å². The molecule has 0 saturated carbocycles. The summed E-state index contributed by atoms with van der Waals surface area (Å²) < 4.78 is 28.1. The average Bonchev–Trinajstić information content (AvgIpc) is 2.86. The van der Waals surface area contributed by atoms with E-state index in [-0.39, 0.29) is 5.92 Å². The molecule has 4 nitrogen and oxygen atoms in total. The SMILES string of the molecule is Nc1ccc(-c2ccc3c(c2)CNCCC3c2cccc(F)c2F)nn1. The highest BCUT2D eigenvalue weighted by molar-refractivity contribution is 5.62. The Bertz CT molecular complexity index is 941. The molecule has 26 heavy (non-hydrogen) atoms. The molecular weight excluding hydrogens is 334 g/mol. The van der Waals surface area contributed by atoms with Gasteiger partial charge in [0.15, 0.2) is 11.6 Å². The molecule has 1 aliphatic rings. The van der Waals surface area contributed by atoms with Gasteiger partial charge in [-0.15, -0.1) is 10.2 Å². The maximum absolute atomic E-state index is 14.4. The highest BCUT2D eigenvalue weighted by Gasteiger charge is 2.24. The van der Waals surface area contributed by atoms with E-state index in [4.69, 9.17) is 5.73 Å². The first-order chi connectivity index (χ1) is 12.6. The normalized spacial score (nSPS) is 16.8. The Morgan fingerprint density at radius 1 is 1.00 bits per heavy atom. The van der Waals surface area contributed by atoms with Crippen LogP contribution in [-0.4, -0.2) is 16.7 Å². The second-order valence-electron chi connectivity index (χ2n) is 6.42. The van der Waals surface area contributed by atoms with Crippen molar-refractivity contribution >= 4 is 5.82 Å². The number of fused-ring (bicyclic) bond motifs is 1. The number of rotatable bonds is 2. The molecule has 2 aromatic carbocycles. The zero-order valence-electron chi connectivity index (χ0n) is 14.0. The number of aromatic nitrogens is 2. The monoisotopic (exact) mass is 352 g/mol. The highest BCUT2D eigenvalue weighted by atomic mass is 19.2. The molecule has 1 atom stereocenters. The summed E-state index contributed by atoms with van der Waals surface area (Å²) in [5.74, 6) is -1.40. The Labute approximate surface area is 150 Å². The van der Waals surface area contributed by atoms with Crippen molar-refractivity contribution in [3.63, 3.8) is 0 Å². The second kappa shape index (κ2) is 6.80. The van der Waals surface area contributed by atoms with Gasteiger partial charge in [-0.05, 0) is 53.9 Å². The third kappa shape index (κ3) is 3.04. The van der Waals surface area contributed by atoms with Crippen LogP contribution in [0.2, 0.25) is 0 Å². The van der Waals surface area contributed by atoms with Crippen LogP contribution in [0.25, 0.3) is 11.3 Å². The van der Waals surface area contributed by atoms with Crippen LogP contribution in [0.15, 0.2) is 48.5 Å². The van der Waals surface area contributed by atoms with E-state index in [2.05, 4.69) is 15.5 Å². The minimum atomic E-state index is -0.810. The minimum absolute atomic E-state index is 0.192. The van der Waals surface area contributed by atoms with Crippen molar-refractivity contribution in [3.8, 4) is 11.3 Å². The van der Waals surface area contributed by atoms with Gasteiger partial charge in [0.25, 0.3) is 0 Å². The maximum atomic E-state index is 14.4. The van der Waals surface area contributed by atoms with Crippen molar-refractivity contribution in [1.82, 2.24) is 15.5 Å². The van der Waals surface area contributed by atoms with Gasteiger partial charge in [-0.2, -0.15) is 0 Å². The number of nitrogens with one attached hydrogen (secondary N) is 1. The van der Waals surface area contributed by atoms with E-state index in [1.165, 1.54) is 0 Å². The summed E-state index contributed by atoms with van der Waals surface area (Å²) in [6, 6.07) is 13.8. The summed E-state index contributed by atoms with van der Waals surface area (Å²) in [6.07, 6.45) is 0.703. The molecule has 1 unspecified atom stereocenters. The third-order valence-electron chi connectivity index (χ3n) is 4.78. The first kappa shape index (κ1) is 16.6. The van der Waals surface area contributed by atoms with E-state index >= 15 is 0 Å². The van der Waals surface area contributed by atoms with E-state index in [1.807, 2.05) is 24.3 Å².